The summed E-state index contributed by atoms with van der Waals surface area (Å²) in [5.74, 6) is -0.0822. The molecular weight excluding hydrogens is 270 g/mol. The van der Waals surface area contributed by atoms with Crippen molar-refractivity contribution in [1.82, 2.24) is 15.5 Å². The minimum absolute atomic E-state index is 0. The highest BCUT2D eigenvalue weighted by molar-refractivity contribution is 5.88. The summed E-state index contributed by atoms with van der Waals surface area (Å²) in [6.45, 7) is 5.26. The van der Waals surface area contributed by atoms with Gasteiger partial charge in [0.15, 0.2) is 0 Å². The highest BCUT2D eigenvalue weighted by atomic mass is 35.5. The summed E-state index contributed by atoms with van der Waals surface area (Å²) in [4.78, 5) is 25.5. The molecule has 1 aliphatic rings. The second-order valence-corrected chi connectivity index (χ2v) is 4.38. The Kier molecular flexibility index (Phi) is 9.55. The van der Waals surface area contributed by atoms with Crippen molar-refractivity contribution in [3.8, 4) is 0 Å². The molecule has 1 heterocycles. The van der Waals surface area contributed by atoms with Gasteiger partial charge in [-0.15, -0.1) is 12.4 Å². The van der Waals surface area contributed by atoms with E-state index < -0.39 is 0 Å². The number of rotatable bonds is 7. The van der Waals surface area contributed by atoms with E-state index in [0.29, 0.717) is 13.2 Å². The molecule has 0 aromatic carbocycles. The van der Waals surface area contributed by atoms with Crippen molar-refractivity contribution in [2.75, 3.05) is 39.9 Å². The second kappa shape index (κ2) is 10.00. The molecule has 0 saturated carbocycles. The molecule has 0 aromatic rings. The summed E-state index contributed by atoms with van der Waals surface area (Å²) in [6, 6.07) is -0.382. The van der Waals surface area contributed by atoms with Crippen LogP contribution in [0.4, 0.5) is 0 Å². The number of hydrogen-bond donors (Lipinski definition) is 2. The van der Waals surface area contributed by atoms with Gasteiger partial charge in [0.05, 0.1) is 19.1 Å². The minimum Gasteiger partial charge on any atom is -0.383 e. The average Bonchev–Trinajstić information content (AvgIpc) is 2.35. The quantitative estimate of drug-likeness (QED) is 0.636. The van der Waals surface area contributed by atoms with Gasteiger partial charge < -0.3 is 20.3 Å². The highest BCUT2D eigenvalue weighted by Gasteiger charge is 2.29. The van der Waals surface area contributed by atoms with Crippen molar-refractivity contribution in [3.05, 3.63) is 0 Å². The fourth-order valence-electron chi connectivity index (χ4n) is 1.99. The lowest BCUT2D eigenvalue weighted by molar-refractivity contribution is -0.138. The molecule has 2 N–H and O–H groups in total. The van der Waals surface area contributed by atoms with Gasteiger partial charge in [-0.2, -0.15) is 0 Å². The van der Waals surface area contributed by atoms with Crippen LogP contribution in [0.3, 0.4) is 0 Å². The second-order valence-electron chi connectivity index (χ2n) is 4.38. The van der Waals surface area contributed by atoms with E-state index in [0.717, 1.165) is 26.1 Å². The first kappa shape index (κ1) is 18.1. The number of hydrogen-bond acceptors (Lipinski definition) is 4. The molecule has 112 valence electrons. The molecule has 0 radical (unpaired) electrons. The molecule has 0 aromatic heterocycles. The fraction of sp³-hybridized carbons (Fsp3) is 0.833. The van der Waals surface area contributed by atoms with Crippen molar-refractivity contribution in [2.45, 2.75) is 25.8 Å². The number of halogens is 1. The van der Waals surface area contributed by atoms with Crippen LogP contribution in [0.25, 0.3) is 0 Å². The lowest BCUT2D eigenvalue weighted by Gasteiger charge is -2.32. The van der Waals surface area contributed by atoms with Crippen LogP contribution in [-0.2, 0) is 14.3 Å². The molecule has 1 fully saturated rings. The van der Waals surface area contributed by atoms with Crippen LogP contribution in [0.15, 0.2) is 0 Å². The van der Waals surface area contributed by atoms with Gasteiger partial charge in [-0.3, -0.25) is 9.59 Å². The first-order chi connectivity index (χ1) is 8.69. The SMILES string of the molecule is CCCN1CCNC(CC(=O)NCCOC)C1=O.Cl. The Balaban J connectivity index is 0.00000324. The third-order valence-corrected chi connectivity index (χ3v) is 2.89. The van der Waals surface area contributed by atoms with Crippen LogP contribution in [0.5, 0.6) is 0 Å². The zero-order chi connectivity index (χ0) is 13.4. The topological polar surface area (TPSA) is 70.7 Å². The van der Waals surface area contributed by atoms with E-state index in [1.54, 1.807) is 7.11 Å². The Morgan fingerprint density at radius 3 is 2.95 bits per heavy atom. The third kappa shape index (κ3) is 6.22. The maximum absolute atomic E-state index is 12.0. The lowest BCUT2D eigenvalue weighted by Crippen LogP contribution is -2.56. The first-order valence-corrected chi connectivity index (χ1v) is 6.46. The zero-order valence-electron chi connectivity index (χ0n) is 11.6. The summed E-state index contributed by atoms with van der Waals surface area (Å²) in [5, 5.41) is 5.82. The van der Waals surface area contributed by atoms with Gasteiger partial charge in [-0.05, 0) is 6.42 Å². The van der Waals surface area contributed by atoms with Gasteiger partial charge in [-0.25, -0.2) is 0 Å². The standard InChI is InChI=1S/C12H23N3O3.ClH/c1-3-6-15-7-4-13-10(12(15)17)9-11(16)14-5-8-18-2;/h10,13H,3-9H2,1-2H3,(H,14,16);1H. The molecule has 1 rings (SSSR count). The smallest absolute Gasteiger partial charge is 0.240 e. The predicted molar refractivity (Wildman–Crippen MR) is 75.4 cm³/mol. The van der Waals surface area contributed by atoms with Gasteiger partial charge in [0.25, 0.3) is 0 Å². The molecule has 0 bridgehead atoms. The molecule has 7 heteroatoms. The summed E-state index contributed by atoms with van der Waals surface area (Å²) in [7, 11) is 1.58. The summed E-state index contributed by atoms with van der Waals surface area (Å²) in [6.07, 6.45) is 1.14. The maximum Gasteiger partial charge on any atom is 0.240 e. The summed E-state index contributed by atoms with van der Waals surface area (Å²) in [5.41, 5.74) is 0. The van der Waals surface area contributed by atoms with Crippen molar-refractivity contribution < 1.29 is 14.3 Å². The normalized spacial score (nSPS) is 18.9. The van der Waals surface area contributed by atoms with E-state index in [1.807, 2.05) is 11.8 Å². The van der Waals surface area contributed by atoms with Crippen LogP contribution in [0.1, 0.15) is 19.8 Å². The summed E-state index contributed by atoms with van der Waals surface area (Å²) < 4.78 is 4.85. The fourth-order valence-corrected chi connectivity index (χ4v) is 1.99. The molecule has 0 aliphatic carbocycles. The Labute approximate surface area is 120 Å². The lowest BCUT2D eigenvalue weighted by atomic mass is 10.1. The first-order valence-electron chi connectivity index (χ1n) is 6.46. The van der Waals surface area contributed by atoms with Gasteiger partial charge in [0, 0.05) is 33.3 Å². The Morgan fingerprint density at radius 2 is 2.32 bits per heavy atom. The molecule has 1 saturated heterocycles. The number of nitrogens with one attached hydrogen (secondary N) is 2. The average molecular weight is 294 g/mol. The molecule has 1 aliphatic heterocycles. The number of amides is 2. The predicted octanol–water partition coefficient (Wildman–Crippen LogP) is -0.229. The number of ether oxygens (including phenoxy) is 1. The largest absolute Gasteiger partial charge is 0.383 e. The number of nitrogens with zero attached hydrogens (tertiary/aromatic N) is 1. The Hall–Kier alpha value is -0.850. The third-order valence-electron chi connectivity index (χ3n) is 2.89. The minimum atomic E-state index is -0.382. The number of carbonyl (C=O) groups excluding carboxylic acids is 2. The zero-order valence-corrected chi connectivity index (χ0v) is 12.4. The van der Waals surface area contributed by atoms with E-state index in [9.17, 15) is 9.59 Å². The molecule has 1 unspecified atom stereocenters. The van der Waals surface area contributed by atoms with Crippen LogP contribution in [-0.4, -0.2) is 62.7 Å². The Morgan fingerprint density at radius 1 is 1.58 bits per heavy atom. The van der Waals surface area contributed by atoms with Crippen LogP contribution < -0.4 is 10.6 Å². The Bertz CT molecular complexity index is 287. The molecular formula is C12H24ClN3O3. The van der Waals surface area contributed by atoms with Gasteiger partial charge >= 0.3 is 0 Å². The maximum atomic E-state index is 12.0. The monoisotopic (exact) mass is 293 g/mol. The van der Waals surface area contributed by atoms with E-state index >= 15 is 0 Å². The number of methoxy groups -OCH3 is 1. The van der Waals surface area contributed by atoms with Crippen LogP contribution in [0, 0.1) is 0 Å². The highest BCUT2D eigenvalue weighted by Crippen LogP contribution is 2.05. The number of piperazine rings is 1. The van der Waals surface area contributed by atoms with Crippen LogP contribution in [0.2, 0.25) is 0 Å². The van der Waals surface area contributed by atoms with Crippen molar-refractivity contribution in [1.29, 1.82) is 0 Å². The molecule has 2 amide bonds. The molecule has 6 nitrogen and oxygen atoms in total. The van der Waals surface area contributed by atoms with Gasteiger partial charge in [0.2, 0.25) is 11.8 Å². The molecule has 19 heavy (non-hydrogen) atoms. The van der Waals surface area contributed by atoms with Crippen molar-refractivity contribution in [2.24, 2.45) is 0 Å². The molecule has 1 atom stereocenters. The van der Waals surface area contributed by atoms with Gasteiger partial charge in [0.1, 0.15) is 0 Å². The van der Waals surface area contributed by atoms with Gasteiger partial charge in [-0.1, -0.05) is 6.92 Å². The number of carbonyl (C=O) groups is 2. The van der Waals surface area contributed by atoms with E-state index in [1.165, 1.54) is 0 Å². The summed E-state index contributed by atoms with van der Waals surface area (Å²) >= 11 is 0. The van der Waals surface area contributed by atoms with Crippen molar-refractivity contribution in [3.63, 3.8) is 0 Å². The molecule has 0 spiro atoms. The van der Waals surface area contributed by atoms with E-state index in [-0.39, 0.29) is 36.7 Å². The van der Waals surface area contributed by atoms with E-state index in [2.05, 4.69) is 10.6 Å². The van der Waals surface area contributed by atoms with E-state index in [4.69, 9.17) is 4.74 Å². The van der Waals surface area contributed by atoms with Crippen molar-refractivity contribution >= 4 is 24.2 Å². The van der Waals surface area contributed by atoms with Crippen LogP contribution >= 0.6 is 12.4 Å².